The second kappa shape index (κ2) is 6.72. The Morgan fingerprint density at radius 1 is 1.05 bits per heavy atom. The van der Waals surface area contributed by atoms with Gasteiger partial charge in [-0.15, -0.1) is 0 Å². The number of hydrogen-bond donors (Lipinski definition) is 1. The van der Waals surface area contributed by atoms with Gasteiger partial charge in [0.25, 0.3) is 0 Å². The first kappa shape index (κ1) is 15.5. The van der Waals surface area contributed by atoms with Crippen LogP contribution in [0.25, 0.3) is 0 Å². The van der Waals surface area contributed by atoms with Crippen molar-refractivity contribution >= 4 is 0 Å². The van der Waals surface area contributed by atoms with Crippen LogP contribution in [-0.4, -0.2) is 10.5 Å². The fraction of sp³-hybridized carbons (Fsp3) is 0.389. The number of pyridine rings is 1. The number of benzene rings is 1. The highest BCUT2D eigenvalue weighted by Gasteiger charge is 2.09. The Morgan fingerprint density at radius 2 is 1.76 bits per heavy atom. The molecule has 0 aliphatic carbocycles. The first-order valence-corrected chi connectivity index (χ1v) is 7.44. The first-order valence-electron chi connectivity index (χ1n) is 7.44. The summed E-state index contributed by atoms with van der Waals surface area (Å²) in [5, 5.41) is 3.43. The molecule has 0 amide bonds. The summed E-state index contributed by atoms with van der Waals surface area (Å²) in [6.45, 7) is 9.30. The maximum atomic E-state index is 5.81. The van der Waals surface area contributed by atoms with Crippen LogP contribution in [-0.2, 0) is 13.0 Å². The van der Waals surface area contributed by atoms with E-state index in [2.05, 4.69) is 50.1 Å². The van der Waals surface area contributed by atoms with Gasteiger partial charge in [-0.05, 0) is 51.0 Å². The van der Waals surface area contributed by atoms with E-state index < -0.39 is 0 Å². The number of nitrogens with zero attached hydrogens (tertiary/aromatic N) is 1. The molecule has 0 fully saturated rings. The molecule has 0 saturated carbocycles. The van der Waals surface area contributed by atoms with E-state index in [0.717, 1.165) is 24.4 Å². The third kappa shape index (κ3) is 5.20. The highest BCUT2D eigenvalue weighted by molar-refractivity contribution is 5.30. The molecule has 0 atom stereocenters. The normalized spacial score (nSPS) is 11.4. The third-order valence-electron chi connectivity index (χ3n) is 3.14. The van der Waals surface area contributed by atoms with Crippen LogP contribution in [0, 0.1) is 0 Å². The van der Waals surface area contributed by atoms with E-state index in [9.17, 15) is 0 Å². The second-order valence-electron chi connectivity index (χ2n) is 6.17. The predicted octanol–water partition coefficient (Wildman–Crippen LogP) is 4.32. The van der Waals surface area contributed by atoms with E-state index in [4.69, 9.17) is 4.74 Å². The van der Waals surface area contributed by atoms with Gasteiger partial charge in [0.15, 0.2) is 0 Å². The van der Waals surface area contributed by atoms with E-state index in [1.54, 1.807) is 0 Å². The molecule has 1 aromatic heterocycles. The molecule has 0 aliphatic rings. The van der Waals surface area contributed by atoms with E-state index >= 15 is 0 Å². The summed E-state index contributed by atoms with van der Waals surface area (Å²) < 4.78 is 5.81. The number of nitrogens with one attached hydrogen (secondary N) is 1. The Bertz CT molecular complexity index is 571. The molecule has 3 nitrogen and oxygen atoms in total. The van der Waals surface area contributed by atoms with Crippen molar-refractivity contribution in [2.45, 2.75) is 46.2 Å². The number of aromatic nitrogens is 1. The second-order valence-corrected chi connectivity index (χ2v) is 6.17. The highest BCUT2D eigenvalue weighted by Crippen LogP contribution is 2.20. The Balaban J connectivity index is 2.03. The van der Waals surface area contributed by atoms with Gasteiger partial charge in [0.05, 0.1) is 5.69 Å². The highest BCUT2D eigenvalue weighted by atomic mass is 16.5. The van der Waals surface area contributed by atoms with Crippen LogP contribution >= 0.6 is 0 Å². The van der Waals surface area contributed by atoms with E-state index in [1.165, 1.54) is 5.56 Å². The van der Waals surface area contributed by atoms with Crippen molar-refractivity contribution in [2.24, 2.45) is 0 Å². The third-order valence-corrected chi connectivity index (χ3v) is 3.14. The zero-order valence-electron chi connectivity index (χ0n) is 13.3. The molecular formula is C18H24N2O. The van der Waals surface area contributed by atoms with Gasteiger partial charge >= 0.3 is 0 Å². The molecule has 0 unspecified atom stereocenters. The number of aryl methyl sites for hydroxylation is 1. The monoisotopic (exact) mass is 284 g/mol. The standard InChI is InChI=1S/C18H24N2O/c1-5-14-9-11-16(12-10-14)21-17-8-6-7-15(20-17)13-19-18(2,3)4/h6-12,19H,5,13H2,1-4H3. The van der Waals surface area contributed by atoms with Crippen LogP contribution in [0.15, 0.2) is 42.5 Å². The van der Waals surface area contributed by atoms with Gasteiger partial charge in [-0.1, -0.05) is 25.1 Å². The predicted molar refractivity (Wildman–Crippen MR) is 86.7 cm³/mol. The van der Waals surface area contributed by atoms with E-state index in [0.29, 0.717) is 5.88 Å². The molecule has 0 saturated heterocycles. The average molecular weight is 284 g/mol. The zero-order valence-corrected chi connectivity index (χ0v) is 13.3. The summed E-state index contributed by atoms with van der Waals surface area (Å²) in [7, 11) is 0. The van der Waals surface area contributed by atoms with Crippen LogP contribution < -0.4 is 10.1 Å². The summed E-state index contributed by atoms with van der Waals surface area (Å²) in [5.41, 5.74) is 2.36. The van der Waals surface area contributed by atoms with E-state index in [-0.39, 0.29) is 5.54 Å². The quantitative estimate of drug-likeness (QED) is 0.887. The maximum Gasteiger partial charge on any atom is 0.219 e. The fourth-order valence-electron chi connectivity index (χ4n) is 1.88. The Labute approximate surface area is 127 Å². The number of hydrogen-bond acceptors (Lipinski definition) is 3. The minimum Gasteiger partial charge on any atom is -0.439 e. The molecule has 2 rings (SSSR count). The summed E-state index contributed by atoms with van der Waals surface area (Å²) >= 11 is 0. The van der Waals surface area contributed by atoms with Gasteiger partial charge in [0.2, 0.25) is 5.88 Å². The van der Waals surface area contributed by atoms with E-state index in [1.807, 2.05) is 30.3 Å². The molecule has 0 bridgehead atoms. The molecule has 1 N–H and O–H groups in total. The molecule has 0 radical (unpaired) electrons. The van der Waals surface area contributed by atoms with Crippen molar-refractivity contribution in [1.82, 2.24) is 10.3 Å². The lowest BCUT2D eigenvalue weighted by Crippen LogP contribution is -2.35. The Morgan fingerprint density at radius 3 is 2.38 bits per heavy atom. The Kier molecular flexibility index (Phi) is 4.97. The van der Waals surface area contributed by atoms with Crippen molar-refractivity contribution in [3.05, 3.63) is 53.7 Å². The summed E-state index contributed by atoms with van der Waals surface area (Å²) in [6, 6.07) is 14.0. The number of rotatable bonds is 5. The summed E-state index contributed by atoms with van der Waals surface area (Å²) in [4.78, 5) is 4.53. The van der Waals surface area contributed by atoms with Crippen LogP contribution in [0.1, 0.15) is 39.0 Å². The van der Waals surface area contributed by atoms with Crippen LogP contribution in [0.2, 0.25) is 0 Å². The fourth-order valence-corrected chi connectivity index (χ4v) is 1.88. The van der Waals surface area contributed by atoms with Gasteiger partial charge in [0, 0.05) is 18.2 Å². The summed E-state index contributed by atoms with van der Waals surface area (Å²) in [5.74, 6) is 1.45. The van der Waals surface area contributed by atoms with Crippen molar-refractivity contribution in [2.75, 3.05) is 0 Å². The first-order chi connectivity index (χ1) is 9.96. The van der Waals surface area contributed by atoms with Crippen molar-refractivity contribution in [1.29, 1.82) is 0 Å². The maximum absolute atomic E-state index is 5.81. The molecule has 0 aliphatic heterocycles. The van der Waals surface area contributed by atoms with Crippen molar-refractivity contribution < 1.29 is 4.74 Å². The van der Waals surface area contributed by atoms with Gasteiger partial charge in [-0.25, -0.2) is 4.98 Å². The average Bonchev–Trinajstić information content (AvgIpc) is 2.46. The van der Waals surface area contributed by atoms with Gasteiger partial charge < -0.3 is 10.1 Å². The number of ether oxygens (including phenoxy) is 1. The largest absolute Gasteiger partial charge is 0.439 e. The molecule has 112 valence electrons. The topological polar surface area (TPSA) is 34.1 Å². The lowest BCUT2D eigenvalue weighted by atomic mass is 10.1. The smallest absolute Gasteiger partial charge is 0.219 e. The molecule has 21 heavy (non-hydrogen) atoms. The van der Waals surface area contributed by atoms with Gasteiger partial charge in [-0.2, -0.15) is 0 Å². The molecule has 2 aromatic rings. The molecular weight excluding hydrogens is 260 g/mol. The lowest BCUT2D eigenvalue weighted by Gasteiger charge is -2.20. The minimum absolute atomic E-state index is 0.0779. The molecule has 0 spiro atoms. The molecule has 1 aromatic carbocycles. The molecule has 3 heteroatoms. The van der Waals surface area contributed by atoms with Crippen LogP contribution in [0.4, 0.5) is 0 Å². The Hall–Kier alpha value is -1.87. The zero-order chi connectivity index (χ0) is 15.3. The van der Waals surface area contributed by atoms with Crippen LogP contribution in [0.3, 0.4) is 0 Å². The van der Waals surface area contributed by atoms with Crippen molar-refractivity contribution in [3.8, 4) is 11.6 Å². The SMILES string of the molecule is CCc1ccc(Oc2cccc(CNC(C)(C)C)n2)cc1. The lowest BCUT2D eigenvalue weighted by molar-refractivity contribution is 0.416. The van der Waals surface area contributed by atoms with Crippen molar-refractivity contribution in [3.63, 3.8) is 0 Å². The van der Waals surface area contributed by atoms with Crippen LogP contribution in [0.5, 0.6) is 11.6 Å². The summed E-state index contributed by atoms with van der Waals surface area (Å²) in [6.07, 6.45) is 1.03. The molecule has 1 heterocycles. The van der Waals surface area contributed by atoms with Gasteiger partial charge in [0.1, 0.15) is 5.75 Å². The van der Waals surface area contributed by atoms with Gasteiger partial charge in [-0.3, -0.25) is 0 Å². The minimum atomic E-state index is 0.0779.